The zero-order valence-electron chi connectivity index (χ0n) is 11.3. The van der Waals surface area contributed by atoms with E-state index in [1.807, 2.05) is 6.07 Å². The molecule has 2 rings (SSSR count). The summed E-state index contributed by atoms with van der Waals surface area (Å²) in [6.45, 7) is 4.33. The molecule has 0 unspecified atom stereocenters. The van der Waals surface area contributed by atoms with E-state index >= 15 is 0 Å². The lowest BCUT2D eigenvalue weighted by Crippen LogP contribution is -2.43. The van der Waals surface area contributed by atoms with Crippen LogP contribution in [-0.2, 0) is 10.0 Å². The number of benzene rings is 1. The van der Waals surface area contributed by atoms with Gasteiger partial charge in [0.15, 0.2) is 0 Å². The Balaban J connectivity index is 2.20. The van der Waals surface area contributed by atoms with Crippen molar-refractivity contribution < 1.29 is 8.42 Å². The molecular formula is C14H20BrNO2S. The lowest BCUT2D eigenvalue weighted by Gasteiger charge is -2.34. The second kappa shape index (κ2) is 5.94. The second-order valence-electron chi connectivity index (χ2n) is 5.43. The third-order valence-corrected chi connectivity index (χ3v) is 6.64. The van der Waals surface area contributed by atoms with Crippen molar-refractivity contribution in [2.45, 2.75) is 44.0 Å². The molecule has 0 aliphatic heterocycles. The van der Waals surface area contributed by atoms with Gasteiger partial charge in [0.1, 0.15) is 0 Å². The Morgan fingerprint density at radius 2 is 1.89 bits per heavy atom. The number of nitrogens with one attached hydrogen (secondary N) is 1. The molecule has 0 amide bonds. The Hall–Kier alpha value is -0.390. The zero-order valence-corrected chi connectivity index (χ0v) is 13.7. The fourth-order valence-corrected chi connectivity index (χ4v) is 5.04. The molecule has 5 heteroatoms. The van der Waals surface area contributed by atoms with Gasteiger partial charge in [0.05, 0.1) is 4.90 Å². The summed E-state index contributed by atoms with van der Waals surface area (Å²) in [5.41, 5.74) is 0. The minimum atomic E-state index is -3.44. The Bertz CT molecular complexity index is 544. The predicted molar refractivity (Wildman–Crippen MR) is 80.4 cm³/mol. The van der Waals surface area contributed by atoms with Crippen LogP contribution in [0.2, 0.25) is 0 Å². The second-order valence-corrected chi connectivity index (χ2v) is 7.96. The van der Waals surface area contributed by atoms with Crippen molar-refractivity contribution in [2.24, 2.45) is 11.8 Å². The number of rotatable bonds is 3. The van der Waals surface area contributed by atoms with Crippen LogP contribution in [0.25, 0.3) is 0 Å². The first kappa shape index (κ1) is 15.0. The maximum absolute atomic E-state index is 12.4. The minimum Gasteiger partial charge on any atom is -0.208 e. The standard InChI is InChI=1S/C14H20BrNO2S/c1-10-6-5-8-13(11(10)2)16-19(17,18)14-9-4-3-7-12(14)15/h3-4,7,9-11,13,16H,5-6,8H2,1-2H3/t10-,11+,13-/m0/s1. The topological polar surface area (TPSA) is 46.2 Å². The lowest BCUT2D eigenvalue weighted by atomic mass is 9.78. The summed E-state index contributed by atoms with van der Waals surface area (Å²) in [5.74, 6) is 0.951. The SMILES string of the molecule is C[C@H]1[C@@H](NS(=O)(=O)c2ccccc2Br)CCC[C@@H]1C. The van der Waals surface area contributed by atoms with Crippen molar-refractivity contribution in [2.75, 3.05) is 0 Å². The quantitative estimate of drug-likeness (QED) is 0.910. The third-order valence-electron chi connectivity index (χ3n) is 4.14. The molecule has 1 fully saturated rings. The Kier molecular flexibility index (Phi) is 4.69. The summed E-state index contributed by atoms with van der Waals surface area (Å²) >= 11 is 3.30. The average Bonchev–Trinajstić information content (AvgIpc) is 2.35. The van der Waals surface area contributed by atoms with E-state index in [4.69, 9.17) is 0 Å². The van der Waals surface area contributed by atoms with Crippen LogP contribution in [-0.4, -0.2) is 14.5 Å². The van der Waals surface area contributed by atoms with Crippen LogP contribution in [0.4, 0.5) is 0 Å². The van der Waals surface area contributed by atoms with Gasteiger partial charge in [-0.1, -0.05) is 38.8 Å². The van der Waals surface area contributed by atoms with Crippen molar-refractivity contribution in [1.82, 2.24) is 4.72 Å². The minimum absolute atomic E-state index is 0.0425. The average molecular weight is 346 g/mol. The van der Waals surface area contributed by atoms with E-state index in [-0.39, 0.29) is 6.04 Å². The van der Waals surface area contributed by atoms with Gasteiger partial charge in [-0.3, -0.25) is 0 Å². The molecule has 1 aromatic carbocycles. The van der Waals surface area contributed by atoms with E-state index in [1.165, 1.54) is 6.42 Å². The van der Waals surface area contributed by atoms with Crippen molar-refractivity contribution in [3.05, 3.63) is 28.7 Å². The van der Waals surface area contributed by atoms with Gasteiger partial charge >= 0.3 is 0 Å². The molecule has 0 aromatic heterocycles. The molecule has 19 heavy (non-hydrogen) atoms. The molecule has 1 N–H and O–H groups in total. The summed E-state index contributed by atoms with van der Waals surface area (Å²) in [6, 6.07) is 6.98. The molecule has 0 bridgehead atoms. The van der Waals surface area contributed by atoms with E-state index in [2.05, 4.69) is 34.5 Å². The summed E-state index contributed by atoms with van der Waals surface area (Å²) in [7, 11) is -3.44. The van der Waals surface area contributed by atoms with Crippen LogP contribution in [0.1, 0.15) is 33.1 Å². The van der Waals surface area contributed by atoms with Gasteiger partial charge in [0.2, 0.25) is 10.0 Å². The lowest BCUT2D eigenvalue weighted by molar-refractivity contribution is 0.227. The van der Waals surface area contributed by atoms with Gasteiger partial charge in [-0.25, -0.2) is 13.1 Å². The molecule has 106 valence electrons. The number of hydrogen-bond donors (Lipinski definition) is 1. The fraction of sp³-hybridized carbons (Fsp3) is 0.571. The summed E-state index contributed by atoms with van der Waals surface area (Å²) in [5, 5.41) is 0. The van der Waals surface area contributed by atoms with E-state index in [0.717, 1.165) is 12.8 Å². The van der Waals surface area contributed by atoms with Crippen molar-refractivity contribution in [1.29, 1.82) is 0 Å². The molecule has 3 nitrogen and oxygen atoms in total. The molecule has 1 aromatic rings. The largest absolute Gasteiger partial charge is 0.241 e. The van der Waals surface area contributed by atoms with Crippen LogP contribution < -0.4 is 4.72 Å². The van der Waals surface area contributed by atoms with Gasteiger partial charge in [-0.2, -0.15) is 0 Å². The normalized spacial score (nSPS) is 28.3. The number of halogens is 1. The Labute approximate surface area is 124 Å². The van der Waals surface area contributed by atoms with Crippen LogP contribution in [0.15, 0.2) is 33.6 Å². The van der Waals surface area contributed by atoms with E-state index in [1.54, 1.807) is 18.2 Å². The van der Waals surface area contributed by atoms with Crippen molar-refractivity contribution in [3.63, 3.8) is 0 Å². The molecule has 3 atom stereocenters. The number of sulfonamides is 1. The predicted octanol–water partition coefficient (Wildman–Crippen LogP) is 3.55. The van der Waals surface area contributed by atoms with E-state index in [9.17, 15) is 8.42 Å². The Morgan fingerprint density at radius 3 is 2.58 bits per heavy atom. The highest BCUT2D eigenvalue weighted by Crippen LogP contribution is 2.31. The van der Waals surface area contributed by atoms with Crippen molar-refractivity contribution >= 4 is 26.0 Å². The van der Waals surface area contributed by atoms with E-state index in [0.29, 0.717) is 21.2 Å². The van der Waals surface area contributed by atoms with Gasteiger partial charge in [-0.15, -0.1) is 0 Å². The molecule has 0 spiro atoms. The first-order valence-electron chi connectivity index (χ1n) is 6.68. The maximum atomic E-state index is 12.4. The summed E-state index contributed by atoms with van der Waals surface area (Å²) in [6.07, 6.45) is 3.21. The number of hydrogen-bond acceptors (Lipinski definition) is 2. The van der Waals surface area contributed by atoms with Gasteiger partial charge in [0, 0.05) is 10.5 Å². The van der Waals surface area contributed by atoms with Crippen LogP contribution in [0, 0.1) is 11.8 Å². The smallest absolute Gasteiger partial charge is 0.208 e. The molecule has 1 saturated carbocycles. The first-order chi connectivity index (χ1) is 8.92. The van der Waals surface area contributed by atoms with Crippen LogP contribution in [0.3, 0.4) is 0 Å². The van der Waals surface area contributed by atoms with Gasteiger partial charge < -0.3 is 0 Å². The van der Waals surface area contributed by atoms with E-state index < -0.39 is 10.0 Å². The monoisotopic (exact) mass is 345 g/mol. The Morgan fingerprint density at radius 1 is 1.21 bits per heavy atom. The molecule has 1 aliphatic carbocycles. The fourth-order valence-electron chi connectivity index (χ4n) is 2.67. The highest BCUT2D eigenvalue weighted by Gasteiger charge is 2.31. The first-order valence-corrected chi connectivity index (χ1v) is 8.96. The summed E-state index contributed by atoms with van der Waals surface area (Å²) < 4.78 is 28.3. The zero-order chi connectivity index (χ0) is 14.0. The molecular weight excluding hydrogens is 326 g/mol. The highest BCUT2D eigenvalue weighted by molar-refractivity contribution is 9.10. The highest BCUT2D eigenvalue weighted by atomic mass is 79.9. The van der Waals surface area contributed by atoms with Crippen LogP contribution >= 0.6 is 15.9 Å². The third kappa shape index (κ3) is 3.38. The molecule has 0 radical (unpaired) electrons. The molecule has 0 saturated heterocycles. The maximum Gasteiger partial charge on any atom is 0.241 e. The van der Waals surface area contributed by atoms with Crippen LogP contribution in [0.5, 0.6) is 0 Å². The summed E-state index contributed by atoms with van der Waals surface area (Å²) in [4.78, 5) is 0.320. The van der Waals surface area contributed by atoms with Crippen molar-refractivity contribution in [3.8, 4) is 0 Å². The van der Waals surface area contributed by atoms with Gasteiger partial charge in [0.25, 0.3) is 0 Å². The molecule has 0 heterocycles. The van der Waals surface area contributed by atoms with Gasteiger partial charge in [-0.05, 0) is 46.3 Å². The molecule has 1 aliphatic rings.